The van der Waals surface area contributed by atoms with Crippen LogP contribution in [0.5, 0.6) is 0 Å². The van der Waals surface area contributed by atoms with Crippen molar-refractivity contribution < 1.29 is 32.2 Å². The molecule has 0 amide bonds. The van der Waals surface area contributed by atoms with E-state index in [-0.39, 0.29) is 12.4 Å². The highest BCUT2D eigenvalue weighted by atomic mass is 28.4. The van der Waals surface area contributed by atoms with E-state index >= 15 is 0 Å². The summed E-state index contributed by atoms with van der Waals surface area (Å²) in [5.74, 6) is 0. The van der Waals surface area contributed by atoms with Gasteiger partial charge in [0.1, 0.15) is 5.60 Å². The lowest BCUT2D eigenvalue weighted by Crippen LogP contribution is -2.87. The Balaban J connectivity index is 1.97. The third-order valence-corrected chi connectivity index (χ3v) is 8.43. The van der Waals surface area contributed by atoms with Crippen molar-refractivity contribution in [2.24, 2.45) is 0 Å². The molecular formula is C13H24O7Si. The first-order valence-corrected chi connectivity index (χ1v) is 8.98. The van der Waals surface area contributed by atoms with Crippen molar-refractivity contribution in [2.75, 3.05) is 41.7 Å². The third kappa shape index (κ3) is 1.85. The normalized spacial score (nSPS) is 42.9. The van der Waals surface area contributed by atoms with Gasteiger partial charge in [-0.05, 0) is 6.42 Å². The lowest BCUT2D eigenvalue weighted by molar-refractivity contribution is -0.396. The molecule has 3 heterocycles. The van der Waals surface area contributed by atoms with E-state index in [1.807, 2.05) is 0 Å². The van der Waals surface area contributed by atoms with Gasteiger partial charge >= 0.3 is 8.80 Å². The summed E-state index contributed by atoms with van der Waals surface area (Å²) in [4.78, 5) is 0. The van der Waals surface area contributed by atoms with Gasteiger partial charge in [0, 0.05) is 47.9 Å². The summed E-state index contributed by atoms with van der Waals surface area (Å²) in [6, 6.07) is 0. The van der Waals surface area contributed by atoms with Crippen LogP contribution in [0.3, 0.4) is 0 Å². The van der Waals surface area contributed by atoms with Crippen molar-refractivity contribution >= 4 is 8.80 Å². The number of hydrogen-bond acceptors (Lipinski definition) is 7. The summed E-state index contributed by atoms with van der Waals surface area (Å²) >= 11 is 0. The lowest BCUT2D eigenvalue weighted by atomic mass is 9.75. The van der Waals surface area contributed by atoms with Gasteiger partial charge in [0.05, 0.1) is 12.7 Å². The minimum Gasteiger partial charge on any atom is -0.375 e. The van der Waals surface area contributed by atoms with Gasteiger partial charge in [-0.2, -0.15) is 0 Å². The average Bonchev–Trinajstić information content (AvgIpc) is 2.36. The zero-order valence-corrected chi connectivity index (χ0v) is 14.0. The topological polar surface area (TPSA) is 64.6 Å². The van der Waals surface area contributed by atoms with Crippen LogP contribution in [0, 0.1) is 0 Å². The first kappa shape index (κ1) is 15.8. The highest BCUT2D eigenvalue weighted by Gasteiger charge is 2.81. The molecule has 4 atom stereocenters. The molecule has 7 nitrogen and oxygen atoms in total. The first-order chi connectivity index (χ1) is 10.1. The fourth-order valence-corrected chi connectivity index (χ4v) is 6.87. The van der Waals surface area contributed by atoms with Gasteiger partial charge in [0.2, 0.25) is 0 Å². The Morgan fingerprint density at radius 1 is 1.05 bits per heavy atom. The molecule has 3 aliphatic heterocycles. The molecule has 0 saturated carbocycles. The summed E-state index contributed by atoms with van der Waals surface area (Å²) in [6.45, 7) is 1.44. The summed E-state index contributed by atoms with van der Waals surface area (Å²) in [6.07, 6.45) is 2.11. The lowest BCUT2D eigenvalue weighted by Gasteiger charge is -2.66. The van der Waals surface area contributed by atoms with E-state index in [0.717, 1.165) is 19.4 Å². The molecule has 3 fully saturated rings. The van der Waals surface area contributed by atoms with Crippen LogP contribution in [-0.2, 0) is 32.2 Å². The molecule has 122 valence electrons. The van der Waals surface area contributed by atoms with Crippen molar-refractivity contribution in [2.45, 2.75) is 42.5 Å². The van der Waals surface area contributed by atoms with Crippen LogP contribution in [0.15, 0.2) is 0 Å². The van der Waals surface area contributed by atoms with Crippen LogP contribution >= 0.6 is 0 Å². The fraction of sp³-hybridized carbons (Fsp3) is 1.00. The minimum absolute atomic E-state index is 0.00335. The Morgan fingerprint density at radius 2 is 1.62 bits per heavy atom. The van der Waals surface area contributed by atoms with Crippen LogP contribution in [-0.4, -0.2) is 73.7 Å². The molecule has 0 aromatic rings. The Hall–Kier alpha value is -0.0631. The van der Waals surface area contributed by atoms with Gasteiger partial charge in [0.15, 0.2) is 11.5 Å². The Kier molecular flexibility index (Phi) is 4.17. The maximum atomic E-state index is 6.14. The molecule has 0 aromatic carbocycles. The second kappa shape index (κ2) is 5.54. The maximum Gasteiger partial charge on any atom is 0.537 e. The van der Waals surface area contributed by atoms with E-state index in [1.54, 1.807) is 28.4 Å². The standard InChI is InChI=1S/C13H24O7Si/c1-14-11-9-13(20-11,21(15-2,16-3)17-4)12(6-8-19-12)10-5-7-18-10/h10-11H,5-9H2,1-4H3. The predicted molar refractivity (Wildman–Crippen MR) is 73.7 cm³/mol. The van der Waals surface area contributed by atoms with Gasteiger partial charge < -0.3 is 32.2 Å². The largest absolute Gasteiger partial charge is 0.537 e. The number of hydrogen-bond donors (Lipinski definition) is 0. The molecule has 21 heavy (non-hydrogen) atoms. The number of methoxy groups -OCH3 is 1. The molecule has 3 rings (SSSR count). The van der Waals surface area contributed by atoms with Crippen molar-refractivity contribution in [3.8, 4) is 0 Å². The van der Waals surface area contributed by atoms with E-state index in [0.29, 0.717) is 13.0 Å². The highest BCUT2D eigenvalue weighted by Crippen LogP contribution is 2.58. The number of rotatable bonds is 7. The molecule has 3 saturated heterocycles. The summed E-state index contributed by atoms with van der Waals surface area (Å²) in [7, 11) is 3.31. The van der Waals surface area contributed by atoms with Crippen LogP contribution in [0.4, 0.5) is 0 Å². The van der Waals surface area contributed by atoms with Crippen molar-refractivity contribution in [1.29, 1.82) is 0 Å². The van der Waals surface area contributed by atoms with E-state index in [9.17, 15) is 0 Å². The van der Waals surface area contributed by atoms with E-state index in [2.05, 4.69) is 0 Å². The second-order valence-electron chi connectivity index (χ2n) is 5.62. The first-order valence-electron chi connectivity index (χ1n) is 7.25. The zero-order chi connectivity index (χ0) is 15.1. The SMILES string of the molecule is COC1CC(C2(C3CCO3)CCO2)([Si](OC)(OC)OC)O1. The predicted octanol–water partition coefficient (Wildman–Crippen LogP) is 0.483. The molecule has 3 aliphatic rings. The molecule has 4 unspecified atom stereocenters. The summed E-state index contributed by atoms with van der Waals surface area (Å²) in [5, 5.41) is -0.776. The van der Waals surface area contributed by atoms with E-state index < -0.39 is 19.6 Å². The van der Waals surface area contributed by atoms with Crippen molar-refractivity contribution in [1.82, 2.24) is 0 Å². The average molecular weight is 320 g/mol. The van der Waals surface area contributed by atoms with Crippen LogP contribution in [0.2, 0.25) is 0 Å². The zero-order valence-electron chi connectivity index (χ0n) is 13.0. The van der Waals surface area contributed by atoms with Gasteiger partial charge in [-0.25, -0.2) is 0 Å². The van der Waals surface area contributed by atoms with E-state index in [4.69, 9.17) is 32.2 Å². The molecule has 0 spiro atoms. The van der Waals surface area contributed by atoms with Gasteiger partial charge in [0.25, 0.3) is 0 Å². The monoisotopic (exact) mass is 320 g/mol. The Morgan fingerprint density at radius 3 is 1.90 bits per heavy atom. The molecule has 0 N–H and O–H groups in total. The van der Waals surface area contributed by atoms with Gasteiger partial charge in [-0.15, -0.1) is 0 Å². The smallest absolute Gasteiger partial charge is 0.375 e. The summed E-state index contributed by atoms with van der Waals surface area (Å²) < 4.78 is 40.3. The fourth-order valence-electron chi connectivity index (χ4n) is 3.81. The highest BCUT2D eigenvalue weighted by molar-refractivity contribution is 6.64. The van der Waals surface area contributed by atoms with Crippen LogP contribution < -0.4 is 0 Å². The van der Waals surface area contributed by atoms with E-state index in [1.165, 1.54) is 0 Å². The van der Waals surface area contributed by atoms with Gasteiger partial charge in [-0.1, -0.05) is 0 Å². The molecular weight excluding hydrogens is 296 g/mol. The second-order valence-corrected chi connectivity index (χ2v) is 8.76. The molecule has 0 aliphatic carbocycles. The van der Waals surface area contributed by atoms with Gasteiger partial charge in [-0.3, -0.25) is 0 Å². The van der Waals surface area contributed by atoms with Crippen molar-refractivity contribution in [3.63, 3.8) is 0 Å². The maximum absolute atomic E-state index is 6.14. The quantitative estimate of drug-likeness (QED) is 0.632. The Labute approximate surface area is 126 Å². The Bertz CT molecular complexity index is 364. The molecule has 0 aromatic heterocycles. The molecule has 0 bridgehead atoms. The molecule has 8 heteroatoms. The van der Waals surface area contributed by atoms with Crippen molar-refractivity contribution in [3.05, 3.63) is 0 Å². The van der Waals surface area contributed by atoms with Crippen LogP contribution in [0.25, 0.3) is 0 Å². The third-order valence-electron chi connectivity index (χ3n) is 5.09. The minimum atomic E-state index is -3.10. The van der Waals surface area contributed by atoms with Crippen LogP contribution in [0.1, 0.15) is 19.3 Å². The molecule has 0 radical (unpaired) electrons. The number of ether oxygens (including phenoxy) is 4. The summed E-state index contributed by atoms with van der Waals surface area (Å²) in [5.41, 5.74) is -0.561.